The zero-order chi connectivity index (χ0) is 24.2. The molecule has 180 valence electrons. The summed E-state index contributed by atoms with van der Waals surface area (Å²) in [5, 5.41) is 10.5. The first-order valence-electron chi connectivity index (χ1n) is 12.5. The van der Waals surface area contributed by atoms with Crippen LogP contribution in [0.1, 0.15) is 54.7 Å². The number of imidazole rings is 1. The number of aromatic hydroxyl groups is 1. The second-order valence-electron chi connectivity index (χ2n) is 9.36. The van der Waals surface area contributed by atoms with Crippen molar-refractivity contribution < 1.29 is 5.11 Å². The Hall–Kier alpha value is -3.08. The van der Waals surface area contributed by atoms with Crippen molar-refractivity contribution in [1.82, 2.24) is 14.5 Å². The van der Waals surface area contributed by atoms with E-state index in [4.69, 9.17) is 16.6 Å². The number of hydrogen-bond donors (Lipinski definition) is 1. The maximum atomic E-state index is 9.87. The molecule has 5 heteroatoms. The lowest BCUT2D eigenvalue weighted by Gasteiger charge is -2.31. The van der Waals surface area contributed by atoms with E-state index < -0.39 is 0 Å². The molecule has 4 nitrogen and oxygen atoms in total. The highest BCUT2D eigenvalue weighted by atomic mass is 35.5. The third-order valence-electron chi connectivity index (χ3n) is 6.90. The Bertz CT molecular complexity index is 1270. The molecule has 1 heterocycles. The number of nitrogens with zero attached hydrogens (tertiary/aromatic N) is 3. The van der Waals surface area contributed by atoms with Gasteiger partial charge in [0, 0.05) is 30.2 Å². The molecule has 35 heavy (non-hydrogen) atoms. The van der Waals surface area contributed by atoms with Gasteiger partial charge in [-0.05, 0) is 42.5 Å². The van der Waals surface area contributed by atoms with Crippen LogP contribution in [0.5, 0.6) is 5.75 Å². The Morgan fingerprint density at radius 3 is 2.46 bits per heavy atom. The van der Waals surface area contributed by atoms with Gasteiger partial charge in [0.1, 0.15) is 11.6 Å². The molecule has 4 aromatic rings. The van der Waals surface area contributed by atoms with Crippen molar-refractivity contribution in [3.63, 3.8) is 0 Å². The molecule has 1 aliphatic rings. The molecule has 0 saturated carbocycles. The molecule has 0 saturated heterocycles. The molecule has 5 rings (SSSR count). The summed E-state index contributed by atoms with van der Waals surface area (Å²) >= 11 is 6.56. The third kappa shape index (κ3) is 5.14. The highest BCUT2D eigenvalue weighted by Gasteiger charge is 2.34. The van der Waals surface area contributed by atoms with Crippen LogP contribution < -0.4 is 0 Å². The van der Waals surface area contributed by atoms with Crippen LogP contribution in [0.25, 0.3) is 11.4 Å². The van der Waals surface area contributed by atoms with Crippen molar-refractivity contribution in [1.29, 1.82) is 0 Å². The highest BCUT2D eigenvalue weighted by molar-refractivity contribution is 6.31. The quantitative estimate of drug-likeness (QED) is 0.268. The fourth-order valence-electron chi connectivity index (χ4n) is 5.16. The molecule has 0 bridgehead atoms. The van der Waals surface area contributed by atoms with Gasteiger partial charge in [0.15, 0.2) is 0 Å². The zero-order valence-electron chi connectivity index (χ0n) is 20.2. The molecule has 0 fully saturated rings. The monoisotopic (exact) mass is 485 g/mol. The molecular formula is C30H32ClN3O. The molecular weight excluding hydrogens is 454 g/mol. The Morgan fingerprint density at radius 1 is 1.00 bits per heavy atom. The lowest BCUT2D eigenvalue weighted by atomic mass is 10.1. The number of aromatic nitrogens is 2. The van der Waals surface area contributed by atoms with Crippen molar-refractivity contribution in [2.45, 2.75) is 58.3 Å². The van der Waals surface area contributed by atoms with E-state index in [1.165, 1.54) is 22.5 Å². The second kappa shape index (κ2) is 10.7. The predicted molar refractivity (Wildman–Crippen MR) is 142 cm³/mol. The van der Waals surface area contributed by atoms with E-state index in [-0.39, 0.29) is 11.8 Å². The third-order valence-corrected chi connectivity index (χ3v) is 7.25. The lowest BCUT2D eigenvalue weighted by molar-refractivity contribution is 0.171. The summed E-state index contributed by atoms with van der Waals surface area (Å²) in [6.45, 7) is 4.74. The van der Waals surface area contributed by atoms with Crippen LogP contribution in [0.3, 0.4) is 0 Å². The average Bonchev–Trinajstić information content (AvgIpc) is 3.45. The number of rotatable bonds is 9. The first-order valence-corrected chi connectivity index (χ1v) is 12.9. The molecule has 0 spiro atoms. The number of fused-ring (bicyclic) bond motifs is 1. The SMILES string of the molecule is CCCCn1c(-c2ccccc2)nc2c1C(N(Cc1ccccc1)Cc1ccc(O)cc1Cl)CC2. The van der Waals surface area contributed by atoms with Gasteiger partial charge in [-0.25, -0.2) is 4.98 Å². The van der Waals surface area contributed by atoms with E-state index in [0.717, 1.165) is 50.2 Å². The topological polar surface area (TPSA) is 41.3 Å². The maximum Gasteiger partial charge on any atom is 0.140 e. The number of aryl methyl sites for hydroxylation is 1. The van der Waals surface area contributed by atoms with Crippen molar-refractivity contribution >= 4 is 11.6 Å². The lowest BCUT2D eigenvalue weighted by Crippen LogP contribution is -2.28. The van der Waals surface area contributed by atoms with Crippen molar-refractivity contribution in [3.05, 3.63) is 106 Å². The van der Waals surface area contributed by atoms with Gasteiger partial charge in [-0.1, -0.05) is 91.7 Å². The number of phenols is 1. The minimum atomic E-state index is 0.196. The van der Waals surface area contributed by atoms with Crippen LogP contribution >= 0.6 is 11.6 Å². The van der Waals surface area contributed by atoms with E-state index in [1.807, 2.05) is 6.07 Å². The molecule has 1 aromatic heterocycles. The van der Waals surface area contributed by atoms with Crippen LogP contribution in [-0.4, -0.2) is 19.6 Å². The van der Waals surface area contributed by atoms with Crippen molar-refractivity contribution in [2.75, 3.05) is 0 Å². The standard InChI is InChI=1S/C30H32ClN3O/c1-2-3-18-34-29-27(32-30(34)23-12-8-5-9-13-23)16-17-28(29)33(20-22-10-6-4-7-11-22)21-24-14-15-25(35)19-26(24)31/h4-15,19,28,35H,2-3,16-18,20-21H2,1H3. The zero-order valence-corrected chi connectivity index (χ0v) is 21.0. The van der Waals surface area contributed by atoms with Crippen molar-refractivity contribution in [3.8, 4) is 17.1 Å². The van der Waals surface area contributed by atoms with Crippen LogP contribution in [-0.2, 0) is 26.1 Å². The van der Waals surface area contributed by atoms with Gasteiger partial charge in [0.2, 0.25) is 0 Å². The molecule has 3 aromatic carbocycles. The summed E-state index contributed by atoms with van der Waals surface area (Å²) in [6.07, 6.45) is 4.29. The smallest absolute Gasteiger partial charge is 0.140 e. The van der Waals surface area contributed by atoms with Crippen LogP contribution in [0, 0.1) is 0 Å². The first-order chi connectivity index (χ1) is 17.1. The largest absolute Gasteiger partial charge is 0.508 e. The number of benzene rings is 3. The van der Waals surface area contributed by atoms with Crippen LogP contribution in [0.2, 0.25) is 5.02 Å². The van der Waals surface area contributed by atoms with E-state index in [9.17, 15) is 5.11 Å². The van der Waals surface area contributed by atoms with E-state index >= 15 is 0 Å². The Balaban J connectivity index is 1.55. The maximum absolute atomic E-state index is 9.87. The molecule has 0 amide bonds. The number of hydrogen-bond acceptors (Lipinski definition) is 3. The molecule has 1 atom stereocenters. The molecule has 0 radical (unpaired) electrons. The summed E-state index contributed by atoms with van der Waals surface area (Å²) in [4.78, 5) is 7.69. The molecule has 1 aliphatic carbocycles. The van der Waals surface area contributed by atoms with E-state index in [1.54, 1.807) is 12.1 Å². The van der Waals surface area contributed by atoms with Gasteiger partial charge in [-0.2, -0.15) is 0 Å². The predicted octanol–water partition coefficient (Wildman–Crippen LogP) is 7.40. The van der Waals surface area contributed by atoms with E-state index in [2.05, 4.69) is 77.1 Å². The van der Waals surface area contributed by atoms with E-state index in [0.29, 0.717) is 11.6 Å². The summed E-state index contributed by atoms with van der Waals surface area (Å²) in [7, 11) is 0. The Labute approximate surface area is 212 Å². The van der Waals surface area contributed by atoms with Crippen molar-refractivity contribution in [2.24, 2.45) is 0 Å². The van der Waals surface area contributed by atoms with Crippen LogP contribution in [0.15, 0.2) is 78.9 Å². The Morgan fingerprint density at radius 2 is 1.74 bits per heavy atom. The number of phenolic OH excluding ortho intramolecular Hbond substituents is 1. The number of halogens is 1. The van der Waals surface area contributed by atoms with Gasteiger partial charge in [0.05, 0.1) is 17.4 Å². The van der Waals surface area contributed by atoms with Crippen LogP contribution in [0.4, 0.5) is 0 Å². The summed E-state index contributed by atoms with van der Waals surface area (Å²) in [6, 6.07) is 26.7. The van der Waals surface area contributed by atoms with Gasteiger partial charge in [-0.15, -0.1) is 0 Å². The minimum absolute atomic E-state index is 0.196. The first kappa shape index (κ1) is 23.7. The summed E-state index contributed by atoms with van der Waals surface area (Å²) in [5.41, 5.74) is 6.05. The molecule has 1 unspecified atom stereocenters. The fourth-order valence-corrected chi connectivity index (χ4v) is 5.40. The average molecular weight is 486 g/mol. The molecule has 0 aliphatic heterocycles. The van der Waals surface area contributed by atoms with Gasteiger partial charge in [0.25, 0.3) is 0 Å². The summed E-state index contributed by atoms with van der Waals surface area (Å²) < 4.78 is 2.47. The fraction of sp³-hybridized carbons (Fsp3) is 0.300. The second-order valence-corrected chi connectivity index (χ2v) is 9.77. The Kier molecular flexibility index (Phi) is 7.21. The molecule has 1 N–H and O–H groups in total. The van der Waals surface area contributed by atoms with Gasteiger partial charge in [-0.3, -0.25) is 4.90 Å². The summed E-state index contributed by atoms with van der Waals surface area (Å²) in [5.74, 6) is 1.28. The normalized spacial score (nSPS) is 15.0. The number of unbranched alkanes of at least 4 members (excludes halogenated alkanes) is 1. The highest BCUT2D eigenvalue weighted by Crippen LogP contribution is 2.40. The minimum Gasteiger partial charge on any atom is -0.508 e. The van der Waals surface area contributed by atoms with Gasteiger partial charge >= 0.3 is 0 Å². The van der Waals surface area contributed by atoms with Gasteiger partial charge < -0.3 is 9.67 Å².